The average molecular weight is 290 g/mol. The SMILES string of the molecule is CCCN(CCOc1cccc(C)c1)CC1CCCCN1. The Morgan fingerprint density at radius 3 is 2.90 bits per heavy atom. The normalized spacial score (nSPS) is 18.9. The largest absolute Gasteiger partial charge is 0.492 e. The van der Waals surface area contributed by atoms with Gasteiger partial charge in [-0.05, 0) is 57.0 Å². The topological polar surface area (TPSA) is 24.5 Å². The lowest BCUT2D eigenvalue weighted by atomic mass is 10.0. The molecule has 1 N–H and O–H groups in total. The van der Waals surface area contributed by atoms with Gasteiger partial charge in [0, 0.05) is 19.1 Å². The lowest BCUT2D eigenvalue weighted by Gasteiger charge is -2.30. The van der Waals surface area contributed by atoms with Crippen molar-refractivity contribution in [3.05, 3.63) is 29.8 Å². The summed E-state index contributed by atoms with van der Waals surface area (Å²) in [5, 5.41) is 3.64. The average Bonchev–Trinajstić information content (AvgIpc) is 2.48. The number of piperidine rings is 1. The highest BCUT2D eigenvalue weighted by Crippen LogP contribution is 2.13. The maximum Gasteiger partial charge on any atom is 0.119 e. The van der Waals surface area contributed by atoms with Crippen molar-refractivity contribution in [2.75, 3.05) is 32.8 Å². The lowest BCUT2D eigenvalue weighted by Crippen LogP contribution is -2.45. The molecule has 0 spiro atoms. The summed E-state index contributed by atoms with van der Waals surface area (Å²) in [5.74, 6) is 0.988. The van der Waals surface area contributed by atoms with Crippen LogP contribution in [0.3, 0.4) is 0 Å². The summed E-state index contributed by atoms with van der Waals surface area (Å²) >= 11 is 0. The summed E-state index contributed by atoms with van der Waals surface area (Å²) in [7, 11) is 0. The Balaban J connectivity index is 1.73. The van der Waals surface area contributed by atoms with Crippen molar-refractivity contribution in [1.29, 1.82) is 0 Å². The maximum atomic E-state index is 5.89. The standard InChI is InChI=1S/C18H30N2O/c1-3-11-20(15-17-8-4-5-10-19-17)12-13-21-18-9-6-7-16(2)14-18/h6-7,9,14,17,19H,3-5,8,10-13,15H2,1-2H3. The van der Waals surface area contributed by atoms with Crippen molar-refractivity contribution in [3.63, 3.8) is 0 Å². The number of rotatable bonds is 8. The van der Waals surface area contributed by atoms with Crippen molar-refractivity contribution >= 4 is 0 Å². The van der Waals surface area contributed by atoms with Gasteiger partial charge in [-0.25, -0.2) is 0 Å². The van der Waals surface area contributed by atoms with E-state index in [0.29, 0.717) is 6.04 Å². The molecule has 1 heterocycles. The van der Waals surface area contributed by atoms with Gasteiger partial charge in [0.05, 0.1) is 0 Å². The monoisotopic (exact) mass is 290 g/mol. The highest BCUT2D eigenvalue weighted by molar-refractivity contribution is 5.27. The minimum atomic E-state index is 0.671. The van der Waals surface area contributed by atoms with Crippen LogP contribution in [0.2, 0.25) is 0 Å². The molecule has 1 unspecified atom stereocenters. The van der Waals surface area contributed by atoms with Crippen LogP contribution >= 0.6 is 0 Å². The van der Waals surface area contributed by atoms with Crippen molar-refractivity contribution in [2.24, 2.45) is 0 Å². The van der Waals surface area contributed by atoms with Crippen LogP contribution in [0.1, 0.15) is 38.2 Å². The van der Waals surface area contributed by atoms with E-state index in [9.17, 15) is 0 Å². The predicted octanol–water partition coefficient (Wildman–Crippen LogP) is 3.23. The number of hydrogen-bond donors (Lipinski definition) is 1. The summed E-state index contributed by atoms with van der Waals surface area (Å²) in [6.07, 6.45) is 5.23. The van der Waals surface area contributed by atoms with E-state index in [-0.39, 0.29) is 0 Å². The molecule has 0 saturated carbocycles. The Morgan fingerprint density at radius 2 is 2.19 bits per heavy atom. The van der Waals surface area contributed by atoms with Gasteiger partial charge in [-0.2, -0.15) is 0 Å². The molecule has 0 aromatic heterocycles. The molecule has 3 heteroatoms. The number of nitrogens with one attached hydrogen (secondary N) is 1. The molecule has 0 radical (unpaired) electrons. The van der Waals surface area contributed by atoms with Crippen molar-refractivity contribution in [1.82, 2.24) is 10.2 Å². The van der Waals surface area contributed by atoms with E-state index in [0.717, 1.165) is 32.0 Å². The molecule has 0 amide bonds. The highest BCUT2D eigenvalue weighted by atomic mass is 16.5. The Labute approximate surface area is 129 Å². The maximum absolute atomic E-state index is 5.89. The minimum Gasteiger partial charge on any atom is -0.492 e. The molecule has 1 aromatic carbocycles. The third-order valence-electron chi connectivity index (χ3n) is 4.10. The molecule has 0 bridgehead atoms. The molecule has 1 atom stereocenters. The Morgan fingerprint density at radius 1 is 1.29 bits per heavy atom. The smallest absolute Gasteiger partial charge is 0.119 e. The first-order valence-corrected chi connectivity index (χ1v) is 8.43. The van der Waals surface area contributed by atoms with E-state index in [4.69, 9.17) is 4.74 Å². The Hall–Kier alpha value is -1.06. The summed E-state index contributed by atoms with van der Waals surface area (Å²) < 4.78 is 5.89. The lowest BCUT2D eigenvalue weighted by molar-refractivity contribution is 0.184. The van der Waals surface area contributed by atoms with E-state index in [1.54, 1.807) is 0 Å². The molecule has 1 aliphatic heterocycles. The molecule has 3 nitrogen and oxygen atoms in total. The third-order valence-corrected chi connectivity index (χ3v) is 4.10. The zero-order valence-corrected chi connectivity index (χ0v) is 13.6. The quantitative estimate of drug-likeness (QED) is 0.795. The number of ether oxygens (including phenoxy) is 1. The molecule has 0 aliphatic carbocycles. The summed E-state index contributed by atoms with van der Waals surface area (Å²) in [5.41, 5.74) is 1.25. The second-order valence-electron chi connectivity index (χ2n) is 6.11. The van der Waals surface area contributed by atoms with Crippen LogP contribution in [-0.2, 0) is 0 Å². The predicted molar refractivity (Wildman–Crippen MR) is 89.0 cm³/mol. The Kier molecular flexibility index (Phi) is 7.04. The van der Waals surface area contributed by atoms with E-state index < -0.39 is 0 Å². The van der Waals surface area contributed by atoms with Gasteiger partial charge in [0.25, 0.3) is 0 Å². The Bertz CT molecular complexity index is 402. The van der Waals surface area contributed by atoms with Crippen molar-refractivity contribution in [2.45, 2.75) is 45.6 Å². The van der Waals surface area contributed by atoms with E-state index in [1.165, 1.54) is 37.8 Å². The third kappa shape index (κ3) is 6.06. The van der Waals surface area contributed by atoms with E-state index >= 15 is 0 Å². The van der Waals surface area contributed by atoms with Gasteiger partial charge in [0.2, 0.25) is 0 Å². The van der Waals surface area contributed by atoms with Gasteiger partial charge in [0.15, 0.2) is 0 Å². The van der Waals surface area contributed by atoms with Gasteiger partial charge in [-0.3, -0.25) is 4.90 Å². The fourth-order valence-corrected chi connectivity index (χ4v) is 3.00. The zero-order chi connectivity index (χ0) is 14.9. The number of benzene rings is 1. The number of aryl methyl sites for hydroxylation is 1. The van der Waals surface area contributed by atoms with E-state index in [1.807, 2.05) is 6.07 Å². The molecule has 2 rings (SSSR count). The first-order chi connectivity index (χ1) is 10.3. The molecular weight excluding hydrogens is 260 g/mol. The molecule has 1 saturated heterocycles. The number of hydrogen-bond acceptors (Lipinski definition) is 3. The minimum absolute atomic E-state index is 0.671. The number of nitrogens with zero attached hydrogens (tertiary/aromatic N) is 1. The van der Waals surface area contributed by atoms with Gasteiger partial charge in [-0.1, -0.05) is 25.5 Å². The van der Waals surface area contributed by atoms with Crippen LogP contribution in [0.25, 0.3) is 0 Å². The summed E-state index contributed by atoms with van der Waals surface area (Å²) in [4.78, 5) is 2.54. The molecule has 1 aliphatic rings. The summed E-state index contributed by atoms with van der Waals surface area (Å²) in [6.45, 7) is 9.65. The van der Waals surface area contributed by atoms with Gasteiger partial charge in [0.1, 0.15) is 12.4 Å². The van der Waals surface area contributed by atoms with E-state index in [2.05, 4.69) is 42.3 Å². The fraction of sp³-hybridized carbons (Fsp3) is 0.667. The van der Waals surface area contributed by atoms with Crippen LogP contribution in [0, 0.1) is 6.92 Å². The highest BCUT2D eigenvalue weighted by Gasteiger charge is 2.16. The second kappa shape index (κ2) is 9.06. The van der Waals surface area contributed by atoms with Crippen LogP contribution in [0.15, 0.2) is 24.3 Å². The van der Waals surface area contributed by atoms with Crippen LogP contribution in [-0.4, -0.2) is 43.7 Å². The molecular formula is C18H30N2O. The van der Waals surface area contributed by atoms with Gasteiger partial charge >= 0.3 is 0 Å². The fourth-order valence-electron chi connectivity index (χ4n) is 3.00. The molecule has 118 valence electrons. The first-order valence-electron chi connectivity index (χ1n) is 8.43. The molecule has 1 fully saturated rings. The van der Waals surface area contributed by atoms with Crippen molar-refractivity contribution in [3.8, 4) is 5.75 Å². The molecule has 1 aromatic rings. The van der Waals surface area contributed by atoms with Crippen molar-refractivity contribution < 1.29 is 4.74 Å². The molecule has 21 heavy (non-hydrogen) atoms. The van der Waals surface area contributed by atoms with Gasteiger partial charge < -0.3 is 10.1 Å². The van der Waals surface area contributed by atoms with Crippen LogP contribution in [0.5, 0.6) is 5.75 Å². The van der Waals surface area contributed by atoms with Crippen LogP contribution in [0.4, 0.5) is 0 Å². The zero-order valence-electron chi connectivity index (χ0n) is 13.6. The first kappa shape index (κ1) is 16.3. The van der Waals surface area contributed by atoms with Gasteiger partial charge in [-0.15, -0.1) is 0 Å². The second-order valence-corrected chi connectivity index (χ2v) is 6.11. The van der Waals surface area contributed by atoms with Crippen LogP contribution < -0.4 is 10.1 Å². The summed E-state index contributed by atoms with van der Waals surface area (Å²) in [6, 6.07) is 8.97.